The number of carbonyl (C=O) groups is 1. The Morgan fingerprint density at radius 1 is 1.07 bits per heavy atom. The van der Waals surface area contributed by atoms with Gasteiger partial charge in [-0.25, -0.2) is 13.1 Å². The lowest BCUT2D eigenvalue weighted by atomic mass is 10.1. The van der Waals surface area contributed by atoms with Gasteiger partial charge in [0, 0.05) is 6.54 Å². The molecule has 0 aliphatic heterocycles. The zero-order valence-electron chi connectivity index (χ0n) is 15.1. The van der Waals surface area contributed by atoms with Crippen LogP contribution in [0.3, 0.4) is 0 Å². The third kappa shape index (κ3) is 4.70. The van der Waals surface area contributed by atoms with Gasteiger partial charge in [0.15, 0.2) is 6.61 Å². The number of nitrogens with one attached hydrogen (secondary N) is 2. The van der Waals surface area contributed by atoms with Crippen LogP contribution in [0.1, 0.15) is 5.56 Å². The van der Waals surface area contributed by atoms with Crippen molar-refractivity contribution in [2.24, 2.45) is 0 Å². The van der Waals surface area contributed by atoms with Gasteiger partial charge in [-0.2, -0.15) is 0 Å². The van der Waals surface area contributed by atoms with Crippen LogP contribution in [-0.2, 0) is 21.4 Å². The number of carbonyl (C=O) groups excluding carboxylic acids is 1. The lowest BCUT2D eigenvalue weighted by molar-refractivity contribution is -0.123. The Labute approximate surface area is 172 Å². The van der Waals surface area contributed by atoms with Gasteiger partial charge in [-0.15, -0.1) is 0 Å². The number of halogens is 1. The molecule has 146 valence electrons. The van der Waals surface area contributed by atoms with Crippen LogP contribution in [-0.4, -0.2) is 28.0 Å². The zero-order valence-corrected chi connectivity index (χ0v) is 17.5. The fourth-order valence-electron chi connectivity index (χ4n) is 2.66. The molecule has 0 fully saturated rings. The van der Waals surface area contributed by atoms with E-state index in [1.54, 1.807) is 12.1 Å². The second kappa shape index (κ2) is 8.72. The van der Waals surface area contributed by atoms with Crippen LogP contribution < -0.4 is 14.8 Å². The van der Waals surface area contributed by atoms with Crippen LogP contribution in [0.25, 0.3) is 10.8 Å². The number of amides is 1. The largest absolute Gasteiger partial charge is 0.483 e. The van der Waals surface area contributed by atoms with Crippen LogP contribution in [0.4, 0.5) is 0 Å². The Morgan fingerprint density at radius 3 is 2.64 bits per heavy atom. The Morgan fingerprint density at radius 2 is 1.86 bits per heavy atom. The minimum absolute atomic E-state index is 0.147. The lowest BCUT2D eigenvalue weighted by Gasteiger charge is -2.11. The van der Waals surface area contributed by atoms with E-state index in [2.05, 4.69) is 26.0 Å². The molecule has 1 amide bonds. The number of rotatable bonds is 7. The predicted octanol–water partition coefficient (Wildman–Crippen LogP) is 3.21. The molecule has 3 aromatic rings. The van der Waals surface area contributed by atoms with Gasteiger partial charge in [-0.1, -0.05) is 42.5 Å². The van der Waals surface area contributed by atoms with Crippen molar-refractivity contribution in [3.05, 3.63) is 70.7 Å². The first kappa shape index (κ1) is 20.3. The minimum atomic E-state index is -3.52. The van der Waals surface area contributed by atoms with Gasteiger partial charge in [-0.05, 0) is 57.5 Å². The highest BCUT2D eigenvalue weighted by Gasteiger charge is 2.12. The molecule has 0 radical (unpaired) electrons. The Balaban J connectivity index is 1.60. The second-order valence-electron chi connectivity index (χ2n) is 6.02. The molecular formula is C20H19BrN2O4S. The summed E-state index contributed by atoms with van der Waals surface area (Å²) in [5.41, 5.74) is 0.677. The first-order chi connectivity index (χ1) is 13.4. The van der Waals surface area contributed by atoms with Gasteiger partial charge in [0.2, 0.25) is 10.0 Å². The van der Waals surface area contributed by atoms with E-state index in [1.165, 1.54) is 19.2 Å². The SMILES string of the molecule is CNS(=O)(=O)c1cccc(CNC(=O)COc2ccc3ccccc3c2Br)c1. The fraction of sp³-hybridized carbons (Fsp3) is 0.150. The van der Waals surface area contributed by atoms with Crippen molar-refractivity contribution in [1.82, 2.24) is 10.0 Å². The van der Waals surface area contributed by atoms with Gasteiger partial charge >= 0.3 is 0 Å². The standard InChI is InChI=1S/C20H19BrN2O4S/c1-22-28(25,26)16-7-4-5-14(11-16)12-23-19(24)13-27-18-10-9-15-6-2-3-8-17(15)20(18)21/h2-11,22H,12-13H2,1H3,(H,23,24). The van der Waals surface area contributed by atoms with E-state index >= 15 is 0 Å². The summed E-state index contributed by atoms with van der Waals surface area (Å²) in [6, 6.07) is 18.0. The van der Waals surface area contributed by atoms with Crippen molar-refractivity contribution in [2.75, 3.05) is 13.7 Å². The predicted molar refractivity (Wildman–Crippen MR) is 112 cm³/mol. The Kier molecular flexibility index (Phi) is 6.33. The third-order valence-corrected chi connectivity index (χ3v) is 6.38. The van der Waals surface area contributed by atoms with E-state index < -0.39 is 10.0 Å². The van der Waals surface area contributed by atoms with Gasteiger partial charge in [0.25, 0.3) is 5.91 Å². The number of ether oxygens (including phenoxy) is 1. The van der Waals surface area contributed by atoms with Crippen molar-refractivity contribution in [1.29, 1.82) is 0 Å². The third-order valence-electron chi connectivity index (χ3n) is 4.15. The molecule has 28 heavy (non-hydrogen) atoms. The molecule has 0 saturated heterocycles. The summed E-state index contributed by atoms with van der Waals surface area (Å²) in [6.07, 6.45) is 0. The average molecular weight is 463 g/mol. The maximum absolute atomic E-state index is 12.1. The van der Waals surface area contributed by atoms with Gasteiger partial charge in [0.05, 0.1) is 9.37 Å². The summed E-state index contributed by atoms with van der Waals surface area (Å²) in [5.74, 6) is 0.276. The molecule has 2 N–H and O–H groups in total. The first-order valence-corrected chi connectivity index (χ1v) is 10.8. The van der Waals surface area contributed by atoms with Crippen LogP contribution in [0.15, 0.2) is 70.0 Å². The van der Waals surface area contributed by atoms with Crippen LogP contribution >= 0.6 is 15.9 Å². The zero-order chi connectivity index (χ0) is 20.1. The molecule has 0 aromatic heterocycles. The number of benzene rings is 3. The quantitative estimate of drug-likeness (QED) is 0.564. The Bertz CT molecular complexity index is 1120. The normalized spacial score (nSPS) is 11.4. The molecule has 0 unspecified atom stereocenters. The smallest absolute Gasteiger partial charge is 0.258 e. The maximum Gasteiger partial charge on any atom is 0.258 e. The summed E-state index contributed by atoms with van der Waals surface area (Å²) in [4.78, 5) is 12.3. The molecule has 0 saturated carbocycles. The molecule has 3 rings (SSSR count). The number of hydrogen-bond acceptors (Lipinski definition) is 4. The van der Waals surface area contributed by atoms with E-state index in [0.717, 1.165) is 15.2 Å². The van der Waals surface area contributed by atoms with Crippen molar-refractivity contribution in [2.45, 2.75) is 11.4 Å². The summed E-state index contributed by atoms with van der Waals surface area (Å²) < 4.78 is 32.4. The molecule has 0 heterocycles. The highest BCUT2D eigenvalue weighted by atomic mass is 79.9. The molecule has 0 aliphatic carbocycles. The second-order valence-corrected chi connectivity index (χ2v) is 8.70. The van der Waals surface area contributed by atoms with E-state index in [9.17, 15) is 13.2 Å². The van der Waals surface area contributed by atoms with E-state index in [1.807, 2.05) is 36.4 Å². The van der Waals surface area contributed by atoms with Crippen LogP contribution in [0.2, 0.25) is 0 Å². The van der Waals surface area contributed by atoms with Crippen LogP contribution in [0.5, 0.6) is 5.75 Å². The fourth-order valence-corrected chi connectivity index (χ4v) is 4.07. The van der Waals surface area contributed by atoms with E-state index in [-0.39, 0.29) is 24.0 Å². The number of sulfonamides is 1. The van der Waals surface area contributed by atoms with E-state index in [0.29, 0.717) is 11.3 Å². The maximum atomic E-state index is 12.1. The molecule has 6 nitrogen and oxygen atoms in total. The van der Waals surface area contributed by atoms with Crippen LogP contribution in [0, 0.1) is 0 Å². The summed E-state index contributed by atoms with van der Waals surface area (Å²) >= 11 is 3.52. The monoisotopic (exact) mass is 462 g/mol. The van der Waals surface area contributed by atoms with Gasteiger partial charge < -0.3 is 10.1 Å². The molecule has 0 aliphatic rings. The molecule has 0 spiro atoms. The molecule has 8 heteroatoms. The lowest BCUT2D eigenvalue weighted by Crippen LogP contribution is -2.28. The van der Waals surface area contributed by atoms with Crippen molar-refractivity contribution in [3.8, 4) is 5.75 Å². The Hall–Kier alpha value is -2.42. The number of hydrogen-bond donors (Lipinski definition) is 2. The first-order valence-electron chi connectivity index (χ1n) is 8.50. The average Bonchev–Trinajstić information content (AvgIpc) is 2.72. The summed E-state index contributed by atoms with van der Waals surface area (Å²) in [6.45, 7) is 0.0552. The highest BCUT2D eigenvalue weighted by molar-refractivity contribution is 9.10. The van der Waals surface area contributed by atoms with Crippen molar-refractivity contribution in [3.63, 3.8) is 0 Å². The molecular weight excluding hydrogens is 444 g/mol. The topological polar surface area (TPSA) is 84.5 Å². The molecule has 3 aromatic carbocycles. The highest BCUT2D eigenvalue weighted by Crippen LogP contribution is 2.32. The molecule has 0 atom stereocenters. The van der Waals surface area contributed by atoms with Crippen molar-refractivity contribution < 1.29 is 17.9 Å². The number of fused-ring (bicyclic) bond motifs is 1. The molecule has 0 bridgehead atoms. The summed E-state index contributed by atoms with van der Waals surface area (Å²) in [7, 11) is -2.17. The van der Waals surface area contributed by atoms with Gasteiger partial charge in [0.1, 0.15) is 5.75 Å². The summed E-state index contributed by atoms with van der Waals surface area (Å²) in [5, 5.41) is 4.80. The van der Waals surface area contributed by atoms with Gasteiger partial charge in [-0.3, -0.25) is 4.79 Å². The van der Waals surface area contributed by atoms with Crippen molar-refractivity contribution >= 4 is 42.6 Å². The minimum Gasteiger partial charge on any atom is -0.483 e. The van der Waals surface area contributed by atoms with E-state index in [4.69, 9.17) is 4.74 Å².